The first-order chi connectivity index (χ1) is 6.20. The summed E-state index contributed by atoms with van der Waals surface area (Å²) in [5, 5.41) is 1.03. The Labute approximate surface area is 80.8 Å². The van der Waals surface area contributed by atoms with E-state index in [1.54, 1.807) is 6.20 Å². The number of nitrogen functional groups attached to an aromatic ring is 1. The third-order valence-electron chi connectivity index (χ3n) is 1.99. The van der Waals surface area contributed by atoms with Crippen molar-refractivity contribution in [2.45, 2.75) is 19.8 Å². The molecule has 0 spiro atoms. The molecule has 0 amide bonds. The maximum atomic E-state index is 5.72. The van der Waals surface area contributed by atoms with Crippen LogP contribution in [0.3, 0.4) is 0 Å². The van der Waals surface area contributed by atoms with E-state index in [0.29, 0.717) is 11.7 Å². The molecule has 0 aliphatic rings. The van der Waals surface area contributed by atoms with Gasteiger partial charge in [0.1, 0.15) is 5.82 Å². The highest BCUT2D eigenvalue weighted by Crippen LogP contribution is 2.29. The molecule has 2 aromatic heterocycles. The summed E-state index contributed by atoms with van der Waals surface area (Å²) in [6, 6.07) is 1.92. The molecule has 3 nitrogen and oxygen atoms in total. The summed E-state index contributed by atoms with van der Waals surface area (Å²) in [6.45, 7) is 4.25. The van der Waals surface area contributed by atoms with Crippen LogP contribution in [-0.2, 0) is 0 Å². The van der Waals surface area contributed by atoms with Crippen LogP contribution < -0.4 is 5.73 Å². The van der Waals surface area contributed by atoms with Crippen LogP contribution >= 0.6 is 11.5 Å². The topological polar surface area (TPSA) is 51.8 Å². The SMILES string of the molecule is CC(C)c1nccc2c(N)nsc12. The van der Waals surface area contributed by atoms with Crippen LogP contribution in [0.1, 0.15) is 25.5 Å². The summed E-state index contributed by atoms with van der Waals surface area (Å²) in [4.78, 5) is 4.33. The second-order valence-electron chi connectivity index (χ2n) is 3.30. The monoisotopic (exact) mass is 193 g/mol. The number of aromatic nitrogens is 2. The number of nitrogens with two attached hydrogens (primary N) is 1. The van der Waals surface area contributed by atoms with Crippen LogP contribution in [0.15, 0.2) is 12.3 Å². The van der Waals surface area contributed by atoms with Crippen molar-refractivity contribution < 1.29 is 0 Å². The molecule has 0 aliphatic carbocycles. The molecule has 2 aromatic rings. The lowest BCUT2D eigenvalue weighted by Crippen LogP contribution is -1.92. The second-order valence-corrected chi connectivity index (χ2v) is 4.07. The standard InChI is InChI=1S/C9H11N3S/c1-5(2)7-8-6(3-4-11-7)9(10)12-13-8/h3-5H,1-2H3,(H2,10,12). The minimum Gasteiger partial charge on any atom is -0.382 e. The van der Waals surface area contributed by atoms with Crippen molar-refractivity contribution in [2.75, 3.05) is 5.73 Å². The van der Waals surface area contributed by atoms with Crippen LogP contribution in [0.2, 0.25) is 0 Å². The Balaban J connectivity index is 2.77. The zero-order valence-corrected chi connectivity index (χ0v) is 8.43. The Morgan fingerprint density at radius 1 is 1.46 bits per heavy atom. The smallest absolute Gasteiger partial charge is 0.145 e. The number of pyridine rings is 1. The molecule has 0 saturated heterocycles. The summed E-state index contributed by atoms with van der Waals surface area (Å²) in [5.74, 6) is 1.04. The molecule has 0 saturated carbocycles. The van der Waals surface area contributed by atoms with E-state index < -0.39 is 0 Å². The quantitative estimate of drug-likeness (QED) is 0.756. The third-order valence-corrected chi connectivity index (χ3v) is 2.89. The fourth-order valence-corrected chi connectivity index (χ4v) is 2.26. The molecule has 2 N–H and O–H groups in total. The van der Waals surface area contributed by atoms with E-state index in [0.717, 1.165) is 15.8 Å². The molecule has 0 atom stereocenters. The molecule has 0 aromatic carbocycles. The maximum Gasteiger partial charge on any atom is 0.145 e. The normalized spacial score (nSPS) is 11.3. The molecule has 4 heteroatoms. The molecular weight excluding hydrogens is 182 g/mol. The van der Waals surface area contributed by atoms with E-state index >= 15 is 0 Å². The van der Waals surface area contributed by atoms with E-state index in [1.165, 1.54) is 11.5 Å². The lowest BCUT2D eigenvalue weighted by molar-refractivity contribution is 0.836. The molecule has 0 fully saturated rings. The van der Waals surface area contributed by atoms with Crippen LogP contribution in [0.25, 0.3) is 10.1 Å². The Kier molecular flexibility index (Phi) is 1.92. The van der Waals surface area contributed by atoms with Gasteiger partial charge in [0.25, 0.3) is 0 Å². The van der Waals surface area contributed by atoms with Gasteiger partial charge in [-0.1, -0.05) is 13.8 Å². The van der Waals surface area contributed by atoms with Crippen LogP contribution in [0.4, 0.5) is 5.82 Å². The first-order valence-corrected chi connectivity index (χ1v) is 4.97. The summed E-state index contributed by atoms with van der Waals surface area (Å²) < 4.78 is 5.24. The van der Waals surface area contributed by atoms with Gasteiger partial charge in [0, 0.05) is 11.6 Å². The fraction of sp³-hybridized carbons (Fsp3) is 0.333. The van der Waals surface area contributed by atoms with Crippen molar-refractivity contribution in [3.05, 3.63) is 18.0 Å². The van der Waals surface area contributed by atoms with Gasteiger partial charge < -0.3 is 5.73 Å². The fourth-order valence-electron chi connectivity index (χ4n) is 1.32. The molecule has 0 aliphatic heterocycles. The highest BCUT2D eigenvalue weighted by Gasteiger charge is 2.10. The van der Waals surface area contributed by atoms with Crippen LogP contribution in [0.5, 0.6) is 0 Å². The molecule has 13 heavy (non-hydrogen) atoms. The number of rotatable bonds is 1. The van der Waals surface area contributed by atoms with Crippen LogP contribution in [-0.4, -0.2) is 9.36 Å². The van der Waals surface area contributed by atoms with Gasteiger partial charge in [0.15, 0.2) is 0 Å². The minimum absolute atomic E-state index is 0.420. The van der Waals surface area contributed by atoms with Crippen molar-refractivity contribution in [2.24, 2.45) is 0 Å². The van der Waals surface area contributed by atoms with Crippen molar-refractivity contribution in [1.82, 2.24) is 9.36 Å². The predicted octanol–water partition coefficient (Wildman–Crippen LogP) is 2.40. The van der Waals surface area contributed by atoms with Crippen molar-refractivity contribution in [3.63, 3.8) is 0 Å². The van der Waals surface area contributed by atoms with Gasteiger partial charge in [-0.2, -0.15) is 4.37 Å². The number of hydrogen-bond acceptors (Lipinski definition) is 4. The lowest BCUT2D eigenvalue weighted by Gasteiger charge is -2.03. The molecule has 68 valence electrons. The van der Waals surface area contributed by atoms with E-state index in [9.17, 15) is 0 Å². The average molecular weight is 193 g/mol. The van der Waals surface area contributed by atoms with E-state index in [1.807, 2.05) is 6.07 Å². The Morgan fingerprint density at radius 2 is 2.23 bits per heavy atom. The summed E-state index contributed by atoms with van der Waals surface area (Å²) in [5.41, 5.74) is 6.81. The largest absolute Gasteiger partial charge is 0.382 e. The van der Waals surface area contributed by atoms with Gasteiger partial charge in [-0.25, -0.2) is 0 Å². The third kappa shape index (κ3) is 1.27. The molecule has 0 radical (unpaired) electrons. The number of anilines is 1. The van der Waals surface area contributed by atoms with Gasteiger partial charge in [-0.3, -0.25) is 4.98 Å². The van der Waals surface area contributed by atoms with Crippen molar-refractivity contribution in [1.29, 1.82) is 0 Å². The average Bonchev–Trinajstić information content (AvgIpc) is 2.48. The van der Waals surface area contributed by atoms with Crippen molar-refractivity contribution in [3.8, 4) is 0 Å². The van der Waals surface area contributed by atoms with Gasteiger partial charge in [0.2, 0.25) is 0 Å². The Bertz CT molecular complexity index is 433. The minimum atomic E-state index is 0.420. The molecule has 2 heterocycles. The van der Waals surface area contributed by atoms with Crippen LogP contribution in [0, 0.1) is 0 Å². The zero-order valence-electron chi connectivity index (χ0n) is 7.61. The predicted molar refractivity (Wildman–Crippen MR) is 55.9 cm³/mol. The highest BCUT2D eigenvalue weighted by molar-refractivity contribution is 7.14. The first kappa shape index (κ1) is 8.44. The molecular formula is C9H11N3S. The van der Waals surface area contributed by atoms with Gasteiger partial charge in [0.05, 0.1) is 10.4 Å². The maximum absolute atomic E-state index is 5.72. The lowest BCUT2D eigenvalue weighted by atomic mass is 10.1. The first-order valence-electron chi connectivity index (χ1n) is 4.20. The number of fused-ring (bicyclic) bond motifs is 1. The molecule has 0 bridgehead atoms. The molecule has 0 unspecified atom stereocenters. The van der Waals surface area contributed by atoms with Gasteiger partial charge >= 0.3 is 0 Å². The summed E-state index contributed by atoms with van der Waals surface area (Å²) in [6.07, 6.45) is 1.79. The highest BCUT2D eigenvalue weighted by atomic mass is 32.1. The van der Waals surface area contributed by atoms with E-state index in [2.05, 4.69) is 23.2 Å². The Morgan fingerprint density at radius 3 is 2.92 bits per heavy atom. The van der Waals surface area contributed by atoms with Gasteiger partial charge in [-0.05, 0) is 23.5 Å². The summed E-state index contributed by atoms with van der Waals surface area (Å²) >= 11 is 1.43. The van der Waals surface area contributed by atoms with E-state index in [4.69, 9.17) is 5.73 Å². The Hall–Kier alpha value is -1.16. The van der Waals surface area contributed by atoms with Gasteiger partial charge in [-0.15, -0.1) is 0 Å². The summed E-state index contributed by atoms with van der Waals surface area (Å²) in [7, 11) is 0. The van der Waals surface area contributed by atoms with E-state index in [-0.39, 0.29) is 0 Å². The van der Waals surface area contributed by atoms with Crippen molar-refractivity contribution >= 4 is 27.4 Å². The zero-order chi connectivity index (χ0) is 9.42. The number of nitrogens with zero attached hydrogens (tertiary/aromatic N) is 2. The number of hydrogen-bond donors (Lipinski definition) is 1. The molecule has 2 rings (SSSR count). The second kappa shape index (κ2) is 2.96.